The maximum Gasteiger partial charge on any atom is 0.335 e. The van der Waals surface area contributed by atoms with Crippen molar-refractivity contribution in [2.24, 2.45) is 0 Å². The Hall–Kier alpha value is -4.30. The summed E-state index contributed by atoms with van der Waals surface area (Å²) >= 11 is 6.48. The summed E-state index contributed by atoms with van der Waals surface area (Å²) in [6, 6.07) is 18.3. The minimum Gasteiger partial charge on any atom is -0.490 e. The van der Waals surface area contributed by atoms with Gasteiger partial charge in [-0.1, -0.05) is 41.9 Å². The first-order valence-electron chi connectivity index (χ1n) is 10.7. The van der Waals surface area contributed by atoms with E-state index in [9.17, 15) is 19.5 Å². The fraction of sp³-hybridized carbons (Fsp3) is 0.115. The van der Waals surface area contributed by atoms with E-state index in [1.807, 2.05) is 6.07 Å². The molecule has 1 saturated heterocycles. The van der Waals surface area contributed by atoms with Crippen LogP contribution in [-0.4, -0.2) is 29.5 Å². The number of carbonyl (C=O) groups excluding carboxylic acids is 2. The molecule has 4 rings (SSSR count). The number of para-hydroxylation sites is 1. The van der Waals surface area contributed by atoms with E-state index in [-0.39, 0.29) is 28.5 Å². The summed E-state index contributed by atoms with van der Waals surface area (Å²) in [5.41, 5.74) is 4.31. The first-order valence-corrected chi connectivity index (χ1v) is 11.1. The van der Waals surface area contributed by atoms with Crippen molar-refractivity contribution in [3.63, 3.8) is 0 Å². The Bertz CT molecular complexity index is 1320. The number of rotatable bonds is 8. The maximum atomic E-state index is 12.9. The summed E-state index contributed by atoms with van der Waals surface area (Å²) in [7, 11) is 0. The van der Waals surface area contributed by atoms with Gasteiger partial charge in [0.1, 0.15) is 12.2 Å². The molecule has 0 bridgehead atoms. The number of benzene rings is 3. The largest absolute Gasteiger partial charge is 0.490 e. The molecule has 0 spiro atoms. The molecule has 3 aromatic rings. The molecule has 3 aromatic carbocycles. The van der Waals surface area contributed by atoms with Gasteiger partial charge in [0.05, 0.1) is 22.9 Å². The molecule has 9 heteroatoms. The van der Waals surface area contributed by atoms with Crippen LogP contribution in [0.1, 0.15) is 28.4 Å². The second-order valence-electron chi connectivity index (χ2n) is 7.53. The van der Waals surface area contributed by atoms with Crippen LogP contribution >= 0.6 is 11.6 Å². The van der Waals surface area contributed by atoms with E-state index < -0.39 is 17.8 Å². The van der Waals surface area contributed by atoms with E-state index in [1.54, 1.807) is 55.5 Å². The van der Waals surface area contributed by atoms with Crippen molar-refractivity contribution in [3.8, 4) is 11.5 Å². The van der Waals surface area contributed by atoms with Crippen molar-refractivity contribution >= 4 is 41.1 Å². The summed E-state index contributed by atoms with van der Waals surface area (Å²) in [6.07, 6.45) is 1.44. The molecule has 8 nitrogen and oxygen atoms in total. The molecule has 0 radical (unpaired) electrons. The smallest absolute Gasteiger partial charge is 0.335 e. The summed E-state index contributed by atoms with van der Waals surface area (Å²) in [5, 5.41) is 10.6. The van der Waals surface area contributed by atoms with Crippen LogP contribution in [0.2, 0.25) is 5.02 Å². The molecular weight excluding hydrogens is 472 g/mol. The van der Waals surface area contributed by atoms with E-state index in [4.69, 9.17) is 21.1 Å². The lowest BCUT2D eigenvalue weighted by Crippen LogP contribution is -2.35. The monoisotopic (exact) mass is 492 g/mol. The van der Waals surface area contributed by atoms with Crippen LogP contribution in [-0.2, 0) is 16.2 Å². The van der Waals surface area contributed by atoms with Gasteiger partial charge in [-0.25, -0.2) is 9.80 Å². The number of aromatic carboxylic acids is 1. The molecule has 0 aliphatic carbocycles. The number of nitrogens with zero attached hydrogens (tertiary/aromatic N) is 1. The van der Waals surface area contributed by atoms with Crippen molar-refractivity contribution < 1.29 is 29.0 Å². The lowest BCUT2D eigenvalue weighted by molar-refractivity contribution is -0.117. The number of hydrogen-bond acceptors (Lipinski definition) is 5. The normalized spacial score (nSPS) is 14.2. The molecule has 1 heterocycles. The van der Waals surface area contributed by atoms with Crippen LogP contribution in [0.4, 0.5) is 5.69 Å². The fourth-order valence-electron chi connectivity index (χ4n) is 3.51. The SMILES string of the molecule is CCOc1cc(C=C2C(=O)NN(c3ccccc3)C2=O)cc(Cl)c1OCc1cccc(C(=O)O)c1. The zero-order valence-corrected chi connectivity index (χ0v) is 19.4. The number of halogens is 1. The van der Waals surface area contributed by atoms with E-state index in [1.165, 1.54) is 23.2 Å². The predicted molar refractivity (Wildman–Crippen MR) is 130 cm³/mol. The minimum atomic E-state index is -1.03. The first kappa shape index (κ1) is 23.8. The second kappa shape index (κ2) is 10.3. The number of hydrazine groups is 1. The molecule has 0 saturated carbocycles. The molecule has 2 amide bonds. The Balaban J connectivity index is 1.60. The number of hydrogen-bond donors (Lipinski definition) is 2. The van der Waals surface area contributed by atoms with E-state index in [0.29, 0.717) is 29.2 Å². The average Bonchev–Trinajstić information content (AvgIpc) is 3.13. The average molecular weight is 493 g/mol. The number of anilines is 1. The van der Waals surface area contributed by atoms with Gasteiger partial charge < -0.3 is 14.6 Å². The van der Waals surface area contributed by atoms with Gasteiger partial charge in [-0.05, 0) is 60.5 Å². The number of ether oxygens (including phenoxy) is 2. The van der Waals surface area contributed by atoms with Gasteiger partial charge >= 0.3 is 5.97 Å². The van der Waals surface area contributed by atoms with Gasteiger partial charge in [-0.3, -0.25) is 15.0 Å². The maximum absolute atomic E-state index is 12.9. The molecule has 0 aromatic heterocycles. The lowest BCUT2D eigenvalue weighted by atomic mass is 10.1. The van der Waals surface area contributed by atoms with Gasteiger partial charge in [0.25, 0.3) is 11.8 Å². The number of carbonyl (C=O) groups is 3. The third-order valence-corrected chi connectivity index (χ3v) is 5.39. The van der Waals surface area contributed by atoms with Crippen LogP contribution in [0.25, 0.3) is 6.08 Å². The Labute approximate surface area is 206 Å². The lowest BCUT2D eigenvalue weighted by Gasteiger charge is -2.15. The Kier molecular flexibility index (Phi) is 7.03. The van der Waals surface area contributed by atoms with Gasteiger partial charge in [0, 0.05) is 0 Å². The Morgan fingerprint density at radius 2 is 1.83 bits per heavy atom. The van der Waals surface area contributed by atoms with Crippen molar-refractivity contribution in [3.05, 3.63) is 94.0 Å². The van der Waals surface area contributed by atoms with Gasteiger partial charge in [0.2, 0.25) is 0 Å². The van der Waals surface area contributed by atoms with E-state index in [0.717, 1.165) is 0 Å². The van der Waals surface area contributed by atoms with Gasteiger partial charge in [0.15, 0.2) is 11.5 Å². The van der Waals surface area contributed by atoms with Crippen molar-refractivity contribution in [2.75, 3.05) is 11.6 Å². The number of carboxylic acids is 1. The van der Waals surface area contributed by atoms with Gasteiger partial charge in [-0.15, -0.1) is 0 Å². The molecule has 1 aliphatic heterocycles. The quantitative estimate of drug-likeness (QED) is 0.355. The Morgan fingerprint density at radius 3 is 2.54 bits per heavy atom. The fourth-order valence-corrected chi connectivity index (χ4v) is 3.78. The summed E-state index contributed by atoms with van der Waals surface area (Å²) in [6.45, 7) is 2.18. The molecule has 0 atom stereocenters. The van der Waals surface area contributed by atoms with Crippen LogP contribution in [0.3, 0.4) is 0 Å². The molecule has 178 valence electrons. The van der Waals surface area contributed by atoms with Crippen LogP contribution < -0.4 is 19.9 Å². The molecule has 2 N–H and O–H groups in total. The summed E-state index contributed by atoms with van der Waals surface area (Å²) < 4.78 is 11.5. The van der Waals surface area contributed by atoms with E-state index in [2.05, 4.69) is 5.43 Å². The minimum absolute atomic E-state index is 0.0495. The van der Waals surface area contributed by atoms with Gasteiger partial charge in [-0.2, -0.15) is 0 Å². The Morgan fingerprint density at radius 1 is 1.06 bits per heavy atom. The van der Waals surface area contributed by atoms with Crippen molar-refractivity contribution in [1.29, 1.82) is 0 Å². The standard InChI is InChI=1S/C26H21ClN2O6/c1-2-34-22-14-17(12-20-24(30)28-29(25(20)31)19-9-4-3-5-10-19)13-21(27)23(22)35-15-16-7-6-8-18(11-16)26(32)33/h3-14H,2,15H2,1H3,(H,28,30)(H,32,33). The highest BCUT2D eigenvalue weighted by Crippen LogP contribution is 2.38. The highest BCUT2D eigenvalue weighted by molar-refractivity contribution is 6.33. The highest BCUT2D eigenvalue weighted by atomic mass is 35.5. The second-order valence-corrected chi connectivity index (χ2v) is 7.94. The van der Waals surface area contributed by atoms with E-state index >= 15 is 0 Å². The van der Waals surface area contributed by atoms with Crippen molar-refractivity contribution in [2.45, 2.75) is 13.5 Å². The molecule has 35 heavy (non-hydrogen) atoms. The van der Waals surface area contributed by atoms with Crippen molar-refractivity contribution in [1.82, 2.24) is 5.43 Å². The zero-order chi connectivity index (χ0) is 24.9. The molecule has 0 unspecified atom stereocenters. The molecular formula is C26H21ClN2O6. The number of amides is 2. The first-order chi connectivity index (χ1) is 16.9. The summed E-state index contributed by atoms with van der Waals surface area (Å²) in [4.78, 5) is 36.6. The zero-order valence-electron chi connectivity index (χ0n) is 18.7. The number of nitrogens with one attached hydrogen (secondary N) is 1. The predicted octanol–water partition coefficient (Wildman–Crippen LogP) is 4.48. The number of carboxylic acid groups (broad SMARTS) is 1. The molecule has 1 fully saturated rings. The highest BCUT2D eigenvalue weighted by Gasteiger charge is 2.34. The van der Waals surface area contributed by atoms with Crippen LogP contribution in [0, 0.1) is 0 Å². The molecule has 1 aliphatic rings. The van der Waals surface area contributed by atoms with Crippen LogP contribution in [0.5, 0.6) is 11.5 Å². The topological polar surface area (TPSA) is 105 Å². The van der Waals surface area contributed by atoms with Crippen LogP contribution in [0.15, 0.2) is 72.3 Å². The third-order valence-electron chi connectivity index (χ3n) is 5.11. The summed E-state index contributed by atoms with van der Waals surface area (Å²) in [5.74, 6) is -1.47. The third kappa shape index (κ3) is 5.28.